The summed E-state index contributed by atoms with van der Waals surface area (Å²) in [5.41, 5.74) is 1.71. The minimum Gasteiger partial charge on any atom is -0.273 e. The maximum Gasteiger partial charge on any atom is 0.246 e. The highest BCUT2D eigenvalue weighted by molar-refractivity contribution is 7.22. The van der Waals surface area contributed by atoms with E-state index in [-0.39, 0.29) is 5.91 Å². The molecule has 0 saturated heterocycles. The van der Waals surface area contributed by atoms with E-state index in [1.54, 1.807) is 12.3 Å². The Morgan fingerprint density at radius 3 is 2.77 bits per heavy atom. The lowest BCUT2D eigenvalue weighted by atomic mass is 10.2. The van der Waals surface area contributed by atoms with Crippen molar-refractivity contribution >= 4 is 50.4 Å². The van der Waals surface area contributed by atoms with E-state index in [1.807, 2.05) is 42.5 Å². The van der Waals surface area contributed by atoms with Crippen molar-refractivity contribution in [1.29, 1.82) is 0 Å². The van der Waals surface area contributed by atoms with Crippen LogP contribution >= 0.6 is 22.9 Å². The van der Waals surface area contributed by atoms with Gasteiger partial charge in [-0.05, 0) is 23.8 Å². The largest absolute Gasteiger partial charge is 0.273 e. The average molecular weight is 330 g/mol. The van der Waals surface area contributed by atoms with E-state index in [4.69, 9.17) is 11.6 Å². The van der Waals surface area contributed by atoms with Crippen molar-refractivity contribution in [2.75, 3.05) is 5.01 Å². The van der Waals surface area contributed by atoms with Crippen molar-refractivity contribution < 1.29 is 4.79 Å². The maximum absolute atomic E-state index is 11.9. The van der Waals surface area contributed by atoms with Gasteiger partial charge in [-0.2, -0.15) is 10.1 Å². The van der Waals surface area contributed by atoms with Gasteiger partial charge in [-0.1, -0.05) is 53.3 Å². The molecular formula is C16H12ClN3OS. The number of amides is 1. The molecule has 110 valence electrons. The first-order valence-corrected chi connectivity index (χ1v) is 7.79. The van der Waals surface area contributed by atoms with Crippen LogP contribution in [-0.4, -0.2) is 17.1 Å². The molecule has 22 heavy (non-hydrogen) atoms. The third-order valence-corrected chi connectivity index (χ3v) is 4.17. The molecule has 0 fully saturated rings. The smallest absolute Gasteiger partial charge is 0.246 e. The summed E-state index contributed by atoms with van der Waals surface area (Å²) in [4.78, 5) is 16.3. The molecule has 4 nitrogen and oxygen atoms in total. The highest BCUT2D eigenvalue weighted by Gasteiger charge is 2.15. The van der Waals surface area contributed by atoms with Gasteiger partial charge < -0.3 is 0 Å². The summed E-state index contributed by atoms with van der Waals surface area (Å²) in [7, 11) is 0. The topological polar surface area (TPSA) is 45.6 Å². The molecule has 6 heteroatoms. The van der Waals surface area contributed by atoms with E-state index < -0.39 is 0 Å². The van der Waals surface area contributed by atoms with Gasteiger partial charge in [0, 0.05) is 11.9 Å². The fraction of sp³-hybridized carbons (Fsp3) is 0.0625. The number of benzene rings is 2. The van der Waals surface area contributed by atoms with E-state index >= 15 is 0 Å². The third-order valence-electron chi connectivity index (χ3n) is 2.94. The number of carbonyl (C=O) groups is 1. The second-order valence-corrected chi connectivity index (χ2v) is 6.04. The summed E-state index contributed by atoms with van der Waals surface area (Å²) in [5.74, 6) is -0.197. The Morgan fingerprint density at radius 1 is 1.27 bits per heavy atom. The van der Waals surface area contributed by atoms with Crippen molar-refractivity contribution in [3.63, 3.8) is 0 Å². The molecule has 0 unspecified atom stereocenters. The number of carbonyl (C=O) groups excluding carboxylic acids is 1. The Hall–Kier alpha value is -2.24. The Morgan fingerprint density at radius 2 is 2.05 bits per heavy atom. The number of hydrogen-bond donors (Lipinski definition) is 0. The number of hydrazone groups is 1. The highest BCUT2D eigenvalue weighted by Crippen LogP contribution is 2.30. The highest BCUT2D eigenvalue weighted by atomic mass is 35.5. The van der Waals surface area contributed by atoms with Crippen LogP contribution in [0.25, 0.3) is 10.2 Å². The minimum absolute atomic E-state index is 0.197. The molecule has 0 aliphatic rings. The molecule has 0 radical (unpaired) electrons. The minimum atomic E-state index is -0.197. The fourth-order valence-electron chi connectivity index (χ4n) is 1.91. The number of nitrogens with zero attached hydrogens (tertiary/aromatic N) is 3. The SMILES string of the molecule is CC(=O)N(N=Cc1ccccc1)c1nc2ccc(Cl)cc2s1. The number of hydrogen-bond acceptors (Lipinski definition) is 4. The van der Waals surface area contributed by atoms with Crippen LogP contribution < -0.4 is 5.01 Å². The summed E-state index contributed by atoms with van der Waals surface area (Å²) in [6, 6.07) is 15.0. The van der Waals surface area contributed by atoms with Gasteiger partial charge in [0.05, 0.1) is 16.4 Å². The van der Waals surface area contributed by atoms with Gasteiger partial charge in [0.2, 0.25) is 11.0 Å². The quantitative estimate of drug-likeness (QED) is 0.530. The monoisotopic (exact) mass is 329 g/mol. The first-order valence-electron chi connectivity index (χ1n) is 6.59. The van der Waals surface area contributed by atoms with E-state index in [9.17, 15) is 4.79 Å². The van der Waals surface area contributed by atoms with Crippen LogP contribution in [0.1, 0.15) is 12.5 Å². The molecule has 0 saturated carbocycles. The first kappa shape index (κ1) is 14.7. The van der Waals surface area contributed by atoms with Gasteiger partial charge in [0.1, 0.15) is 0 Å². The summed E-state index contributed by atoms with van der Waals surface area (Å²) < 4.78 is 0.920. The molecule has 0 aliphatic carbocycles. The second kappa shape index (κ2) is 6.25. The normalized spacial score (nSPS) is 11.2. The van der Waals surface area contributed by atoms with Crippen LogP contribution in [0.2, 0.25) is 5.02 Å². The van der Waals surface area contributed by atoms with E-state index in [0.29, 0.717) is 10.2 Å². The van der Waals surface area contributed by atoms with Crippen LogP contribution in [-0.2, 0) is 4.79 Å². The second-order valence-electron chi connectivity index (χ2n) is 4.59. The number of thiazole rings is 1. The van der Waals surface area contributed by atoms with E-state index in [1.165, 1.54) is 23.3 Å². The average Bonchev–Trinajstić information content (AvgIpc) is 2.90. The van der Waals surface area contributed by atoms with Crippen LogP contribution in [0.15, 0.2) is 53.6 Å². The summed E-state index contributed by atoms with van der Waals surface area (Å²) in [5, 5.41) is 6.72. The zero-order valence-electron chi connectivity index (χ0n) is 11.7. The Bertz CT molecular complexity index is 845. The molecule has 3 rings (SSSR count). The Balaban J connectivity index is 1.96. The molecule has 1 amide bonds. The lowest BCUT2D eigenvalue weighted by molar-refractivity contribution is -0.116. The van der Waals surface area contributed by atoms with Gasteiger partial charge in [-0.3, -0.25) is 4.79 Å². The predicted octanol–water partition coefficient (Wildman–Crippen LogP) is 4.34. The molecule has 0 aliphatic heterocycles. The predicted molar refractivity (Wildman–Crippen MR) is 91.8 cm³/mol. The lowest BCUT2D eigenvalue weighted by Gasteiger charge is -2.10. The molecule has 0 N–H and O–H groups in total. The van der Waals surface area contributed by atoms with E-state index in [2.05, 4.69) is 10.1 Å². The van der Waals surface area contributed by atoms with Crippen molar-refractivity contribution in [2.45, 2.75) is 6.92 Å². The van der Waals surface area contributed by atoms with Gasteiger partial charge in [-0.15, -0.1) is 0 Å². The molecule has 1 aromatic heterocycles. The number of aromatic nitrogens is 1. The molecule has 0 atom stereocenters. The zero-order chi connectivity index (χ0) is 15.5. The van der Waals surface area contributed by atoms with Gasteiger partial charge in [-0.25, -0.2) is 4.98 Å². The molecular weight excluding hydrogens is 318 g/mol. The molecule has 3 aromatic rings. The summed E-state index contributed by atoms with van der Waals surface area (Å²) in [6.45, 7) is 1.46. The van der Waals surface area contributed by atoms with Crippen molar-refractivity contribution in [2.24, 2.45) is 5.10 Å². The van der Waals surface area contributed by atoms with Crippen molar-refractivity contribution in [1.82, 2.24) is 4.98 Å². The third kappa shape index (κ3) is 3.16. The number of rotatable bonds is 3. The van der Waals surface area contributed by atoms with Gasteiger partial charge >= 0.3 is 0 Å². The number of anilines is 1. The Labute approximate surface area is 136 Å². The van der Waals surface area contributed by atoms with Crippen LogP contribution in [0.3, 0.4) is 0 Å². The maximum atomic E-state index is 11.9. The number of halogens is 1. The molecule has 2 aromatic carbocycles. The van der Waals surface area contributed by atoms with Crippen LogP contribution in [0.5, 0.6) is 0 Å². The van der Waals surface area contributed by atoms with Crippen molar-refractivity contribution in [3.05, 3.63) is 59.1 Å². The van der Waals surface area contributed by atoms with Crippen LogP contribution in [0.4, 0.5) is 5.13 Å². The lowest BCUT2D eigenvalue weighted by Crippen LogP contribution is -2.22. The summed E-state index contributed by atoms with van der Waals surface area (Å²) in [6.07, 6.45) is 1.64. The first-order chi connectivity index (χ1) is 10.6. The fourth-order valence-corrected chi connectivity index (χ4v) is 3.15. The van der Waals surface area contributed by atoms with Gasteiger partial charge in [0.15, 0.2) is 0 Å². The van der Waals surface area contributed by atoms with E-state index in [0.717, 1.165) is 15.8 Å². The molecule has 0 spiro atoms. The Kier molecular flexibility index (Phi) is 4.18. The van der Waals surface area contributed by atoms with Crippen molar-refractivity contribution in [3.8, 4) is 0 Å². The summed E-state index contributed by atoms with van der Waals surface area (Å²) >= 11 is 7.36. The molecule has 0 bridgehead atoms. The standard InChI is InChI=1S/C16H12ClN3OS/c1-11(21)20(18-10-12-5-3-2-4-6-12)16-19-14-8-7-13(17)9-15(14)22-16/h2-10H,1H3. The molecule has 1 heterocycles. The zero-order valence-corrected chi connectivity index (χ0v) is 13.3. The number of fused-ring (bicyclic) bond motifs is 1. The van der Waals surface area contributed by atoms with Gasteiger partial charge in [0.25, 0.3) is 0 Å². The van der Waals surface area contributed by atoms with Crippen LogP contribution in [0, 0.1) is 0 Å².